The summed E-state index contributed by atoms with van der Waals surface area (Å²) in [6, 6.07) is 0. The van der Waals surface area contributed by atoms with Gasteiger partial charge in [0.25, 0.3) is 6.29 Å². The second kappa shape index (κ2) is 17.2. The molecule has 0 radical (unpaired) electrons. The van der Waals surface area contributed by atoms with Gasteiger partial charge in [-0.15, -0.1) is 0 Å². The smallest absolute Gasteiger partial charge is 0.412 e. The van der Waals surface area contributed by atoms with Gasteiger partial charge < -0.3 is 74.0 Å². The Morgan fingerprint density at radius 1 is 0.623 bits per heavy atom. The minimum atomic E-state index is -4.88. The van der Waals surface area contributed by atoms with Crippen LogP contribution in [0, 0.1) is 0 Å². The average Bonchev–Trinajstić information content (AvgIpc) is 3.37. The summed E-state index contributed by atoms with van der Waals surface area (Å²) in [6.07, 6.45) is -14.8. The number of aliphatic hydroxyl groups is 8. The summed E-state index contributed by atoms with van der Waals surface area (Å²) in [7, 11) is 0. The lowest BCUT2D eigenvalue weighted by molar-refractivity contribution is -0.657. The third kappa shape index (κ3) is 7.82. The Morgan fingerprint density at radius 2 is 1.04 bits per heavy atom. The molecule has 2 rings (SSSR count). The topological polar surface area (TPSA) is 347 Å². The van der Waals surface area contributed by atoms with Crippen LogP contribution < -0.4 is 0 Å². The van der Waals surface area contributed by atoms with E-state index in [1.807, 2.05) is 0 Å². The molecule has 304 valence electrons. The lowest BCUT2D eigenvalue weighted by atomic mass is 9.82. The van der Waals surface area contributed by atoms with Crippen molar-refractivity contribution in [2.45, 2.75) is 140 Å². The molecule has 0 aromatic carbocycles. The van der Waals surface area contributed by atoms with Crippen LogP contribution in [0.25, 0.3) is 0 Å². The maximum Gasteiger partial charge on any atom is 0.412 e. The SMILES string of the molecule is CCC(=O)OC(O)[C@@]1(OC(=O)CC)O[C@@](OC(=O)CC)(OC2(CO)O[C@H](CO)[C@@H](O)[C@@H]2O)[C@@](O)(OC(=O)CC)[C@](O)(OC(=O)CC)[C@@]1(O)OC(=O)CC. The van der Waals surface area contributed by atoms with E-state index >= 15 is 0 Å². The number of hydrogen-bond acceptors (Lipinski definition) is 23. The summed E-state index contributed by atoms with van der Waals surface area (Å²) < 4.78 is 46.8. The van der Waals surface area contributed by atoms with Crippen LogP contribution in [0.3, 0.4) is 0 Å². The maximum atomic E-state index is 13.2. The Balaban J connectivity index is 3.46. The highest BCUT2D eigenvalue weighted by Crippen LogP contribution is 2.60. The normalized spacial score (nSPS) is 35.8. The van der Waals surface area contributed by atoms with Crippen LogP contribution in [-0.2, 0) is 71.4 Å². The molecule has 0 aliphatic carbocycles. The maximum absolute atomic E-state index is 13.2. The van der Waals surface area contributed by atoms with Crippen LogP contribution in [0.5, 0.6) is 0 Å². The van der Waals surface area contributed by atoms with Crippen molar-refractivity contribution in [1.82, 2.24) is 0 Å². The average molecular weight is 775 g/mol. The predicted molar refractivity (Wildman–Crippen MR) is 161 cm³/mol. The molecule has 0 bridgehead atoms. The van der Waals surface area contributed by atoms with Crippen LogP contribution in [0.4, 0.5) is 0 Å². The van der Waals surface area contributed by atoms with Gasteiger partial charge in [0.1, 0.15) is 24.9 Å². The molecular formula is C30H46O23. The fraction of sp³-hybridized carbons (Fsp3) is 0.800. The number of hydrogen-bond donors (Lipinski definition) is 8. The molecular weight excluding hydrogens is 728 g/mol. The predicted octanol–water partition coefficient (Wildman–Crippen LogP) is -3.71. The molecule has 0 saturated carbocycles. The number of esters is 6. The molecule has 2 unspecified atom stereocenters. The molecule has 8 N–H and O–H groups in total. The zero-order valence-electron chi connectivity index (χ0n) is 29.7. The summed E-state index contributed by atoms with van der Waals surface area (Å²) in [6.45, 7) is 3.67. The first-order chi connectivity index (χ1) is 24.6. The van der Waals surface area contributed by atoms with E-state index in [9.17, 15) is 69.6 Å². The van der Waals surface area contributed by atoms with Gasteiger partial charge in [0.15, 0.2) is 0 Å². The molecule has 53 heavy (non-hydrogen) atoms. The van der Waals surface area contributed by atoms with Crippen molar-refractivity contribution in [3.05, 3.63) is 0 Å². The number of rotatable bonds is 17. The van der Waals surface area contributed by atoms with Gasteiger partial charge in [-0.05, 0) is 0 Å². The van der Waals surface area contributed by atoms with Crippen LogP contribution in [0.1, 0.15) is 80.1 Å². The Kier molecular flexibility index (Phi) is 14.8. The minimum absolute atomic E-state index is 0.615. The molecule has 2 aliphatic rings. The number of ether oxygens (including phenoxy) is 9. The number of carbonyl (C=O) groups excluding carboxylic acids is 6. The van der Waals surface area contributed by atoms with Crippen molar-refractivity contribution in [2.24, 2.45) is 0 Å². The standard InChI is InChI=1S/C30H46O23/c1-7-16(33)45-24(41)26(47-17(34)8-2)27(42,48-18(35)9-3)28(43,49-19(36)10-4)29(44,50-20(37)11-5)30(53-26,51-21(38)12-6)52-25(14-32)23(40)22(39)15(13-31)46-25/h15,22-24,31-32,39-44H,7-14H2,1-6H3/t15-,22-,23+,24?,25?,26-,27+,28-,29+,30+/m1/s1. The van der Waals surface area contributed by atoms with Crippen LogP contribution >= 0.6 is 0 Å². The molecule has 0 aromatic rings. The van der Waals surface area contributed by atoms with Crippen LogP contribution in [0.2, 0.25) is 0 Å². The van der Waals surface area contributed by atoms with Gasteiger partial charge in [0.2, 0.25) is 5.79 Å². The van der Waals surface area contributed by atoms with E-state index in [0.29, 0.717) is 0 Å². The van der Waals surface area contributed by atoms with E-state index in [1.54, 1.807) is 0 Å². The molecule has 2 fully saturated rings. The van der Waals surface area contributed by atoms with Gasteiger partial charge in [-0.25, -0.2) is 0 Å². The van der Waals surface area contributed by atoms with E-state index in [4.69, 9.17) is 42.6 Å². The van der Waals surface area contributed by atoms with E-state index in [2.05, 4.69) is 0 Å². The first kappa shape index (κ1) is 45.5. The van der Waals surface area contributed by atoms with Crippen molar-refractivity contribution in [2.75, 3.05) is 13.2 Å². The van der Waals surface area contributed by atoms with Crippen molar-refractivity contribution < 1.29 is 112 Å². The number of carbonyl (C=O) groups is 6. The van der Waals surface area contributed by atoms with E-state index < -0.39 is 147 Å². The molecule has 2 aliphatic heterocycles. The summed E-state index contributed by atoms with van der Waals surface area (Å²) in [5.41, 5.74) is 0. The third-order valence-corrected chi connectivity index (χ3v) is 7.90. The molecule has 0 amide bonds. The van der Waals surface area contributed by atoms with E-state index in [1.165, 1.54) is 0 Å². The van der Waals surface area contributed by atoms with Gasteiger partial charge >= 0.3 is 64.9 Å². The highest BCUT2D eigenvalue weighted by Gasteiger charge is 2.96. The Bertz CT molecular complexity index is 1350. The molecule has 0 aromatic heterocycles. The minimum Gasteiger partial charge on any atom is -0.428 e. The highest BCUT2D eigenvalue weighted by atomic mass is 17.0. The summed E-state index contributed by atoms with van der Waals surface area (Å²) in [5, 5.41) is 91.2. The van der Waals surface area contributed by atoms with Crippen LogP contribution in [0.15, 0.2) is 0 Å². The Hall–Kier alpha value is -3.62. The molecule has 0 spiro atoms. The van der Waals surface area contributed by atoms with Crippen molar-refractivity contribution in [3.8, 4) is 0 Å². The zero-order chi connectivity index (χ0) is 40.8. The van der Waals surface area contributed by atoms with Crippen molar-refractivity contribution >= 4 is 35.8 Å². The fourth-order valence-corrected chi connectivity index (χ4v) is 4.92. The van der Waals surface area contributed by atoms with Crippen molar-refractivity contribution in [3.63, 3.8) is 0 Å². The fourth-order valence-electron chi connectivity index (χ4n) is 4.92. The zero-order valence-corrected chi connectivity index (χ0v) is 29.7. The lowest BCUT2D eigenvalue weighted by Crippen LogP contribution is -2.93. The molecule has 23 nitrogen and oxygen atoms in total. The van der Waals surface area contributed by atoms with Gasteiger partial charge in [-0.3, -0.25) is 38.2 Å². The van der Waals surface area contributed by atoms with Crippen molar-refractivity contribution in [1.29, 1.82) is 0 Å². The Labute approximate surface area is 301 Å². The first-order valence-electron chi connectivity index (χ1n) is 16.4. The third-order valence-electron chi connectivity index (χ3n) is 7.90. The summed E-state index contributed by atoms with van der Waals surface area (Å²) in [4.78, 5) is 78.1. The van der Waals surface area contributed by atoms with Gasteiger partial charge in [-0.2, -0.15) is 0 Å². The second-order valence-electron chi connectivity index (χ2n) is 11.4. The van der Waals surface area contributed by atoms with Crippen LogP contribution in [-0.4, -0.2) is 149 Å². The molecule has 2 saturated heterocycles. The summed E-state index contributed by atoms with van der Waals surface area (Å²) >= 11 is 0. The molecule has 23 heteroatoms. The lowest BCUT2D eigenvalue weighted by Gasteiger charge is -2.62. The van der Waals surface area contributed by atoms with Gasteiger partial charge in [0, 0.05) is 38.5 Å². The largest absolute Gasteiger partial charge is 0.428 e. The van der Waals surface area contributed by atoms with Gasteiger partial charge in [-0.1, -0.05) is 41.5 Å². The summed E-state index contributed by atoms with van der Waals surface area (Å²) in [5.74, 6) is -36.6. The molecule has 2 heterocycles. The molecule has 10 atom stereocenters. The van der Waals surface area contributed by atoms with E-state index in [0.717, 1.165) is 41.5 Å². The highest BCUT2D eigenvalue weighted by molar-refractivity contribution is 5.74. The Morgan fingerprint density at radius 3 is 1.45 bits per heavy atom. The second-order valence-corrected chi connectivity index (χ2v) is 11.4. The van der Waals surface area contributed by atoms with Gasteiger partial charge in [0.05, 0.1) is 6.61 Å². The number of aliphatic hydroxyl groups excluding tert-OH is 5. The van der Waals surface area contributed by atoms with E-state index in [-0.39, 0.29) is 0 Å². The first-order valence-corrected chi connectivity index (χ1v) is 16.4. The monoisotopic (exact) mass is 774 g/mol. The quantitative estimate of drug-likeness (QED) is 0.0400.